The molecule has 2 aliphatic rings. The highest BCUT2D eigenvalue weighted by atomic mass is 19.3. The van der Waals surface area contributed by atoms with Crippen LogP contribution < -0.4 is 9.47 Å². The number of fused-ring (bicyclic) bond motifs is 1. The van der Waals surface area contributed by atoms with Crippen molar-refractivity contribution in [2.45, 2.75) is 31.9 Å². The summed E-state index contributed by atoms with van der Waals surface area (Å²) in [5.41, 5.74) is 4.36. The van der Waals surface area contributed by atoms with Crippen molar-refractivity contribution in [3.8, 4) is 23.0 Å². The molecule has 182 valence electrons. The van der Waals surface area contributed by atoms with Crippen molar-refractivity contribution in [1.29, 1.82) is 0 Å². The minimum absolute atomic E-state index is 0.153. The molecule has 5 nitrogen and oxygen atoms in total. The van der Waals surface area contributed by atoms with Crippen molar-refractivity contribution in [3.05, 3.63) is 83.4 Å². The molecule has 1 saturated heterocycles. The SMILES string of the molecule is CC1=C(c2cccc(O)c2)C(c2ccc(OCCN3CCC3C(F)F)cc2)Oc2ccc(O)cc21. The zero-order valence-corrected chi connectivity index (χ0v) is 19.3. The Morgan fingerprint density at radius 3 is 2.49 bits per heavy atom. The van der Waals surface area contributed by atoms with Gasteiger partial charge >= 0.3 is 0 Å². The summed E-state index contributed by atoms with van der Waals surface area (Å²) in [7, 11) is 0. The van der Waals surface area contributed by atoms with Crippen LogP contribution in [0.15, 0.2) is 66.7 Å². The summed E-state index contributed by atoms with van der Waals surface area (Å²) in [6.45, 7) is 3.47. The smallest absolute Gasteiger partial charge is 0.253 e. The second-order valence-corrected chi connectivity index (χ2v) is 8.91. The van der Waals surface area contributed by atoms with E-state index in [0.29, 0.717) is 37.6 Å². The zero-order valence-electron chi connectivity index (χ0n) is 19.3. The molecule has 0 amide bonds. The average molecular weight is 480 g/mol. The molecule has 3 aromatic carbocycles. The number of phenols is 2. The number of ether oxygens (including phenoxy) is 2. The molecule has 0 aliphatic carbocycles. The van der Waals surface area contributed by atoms with Gasteiger partial charge in [-0.2, -0.15) is 0 Å². The van der Waals surface area contributed by atoms with Gasteiger partial charge in [0, 0.05) is 24.2 Å². The molecule has 0 saturated carbocycles. The Kier molecular flexibility index (Phi) is 6.34. The molecule has 3 aromatic rings. The van der Waals surface area contributed by atoms with Gasteiger partial charge in [-0.05, 0) is 72.5 Å². The maximum atomic E-state index is 12.9. The van der Waals surface area contributed by atoms with Crippen molar-refractivity contribution >= 4 is 11.1 Å². The number of rotatable bonds is 7. The molecule has 0 radical (unpaired) electrons. The van der Waals surface area contributed by atoms with Crippen LogP contribution in [0.5, 0.6) is 23.0 Å². The highest BCUT2D eigenvalue weighted by molar-refractivity contribution is 5.95. The van der Waals surface area contributed by atoms with Gasteiger partial charge in [0.2, 0.25) is 0 Å². The van der Waals surface area contributed by atoms with Crippen molar-refractivity contribution in [2.75, 3.05) is 19.7 Å². The third-order valence-corrected chi connectivity index (χ3v) is 6.74. The Morgan fingerprint density at radius 1 is 1.03 bits per heavy atom. The van der Waals surface area contributed by atoms with E-state index in [2.05, 4.69) is 0 Å². The first-order valence-electron chi connectivity index (χ1n) is 11.7. The van der Waals surface area contributed by atoms with E-state index in [9.17, 15) is 19.0 Å². The molecule has 2 unspecified atom stereocenters. The van der Waals surface area contributed by atoms with Crippen LogP contribution in [0.4, 0.5) is 8.78 Å². The van der Waals surface area contributed by atoms with Crippen molar-refractivity contribution in [2.24, 2.45) is 0 Å². The lowest BCUT2D eigenvalue weighted by Gasteiger charge is -2.40. The molecule has 35 heavy (non-hydrogen) atoms. The minimum Gasteiger partial charge on any atom is -0.508 e. The predicted molar refractivity (Wildman–Crippen MR) is 130 cm³/mol. The van der Waals surface area contributed by atoms with E-state index in [1.807, 2.05) is 37.3 Å². The number of phenolic OH excluding ortho intramolecular Hbond substituents is 2. The largest absolute Gasteiger partial charge is 0.508 e. The van der Waals surface area contributed by atoms with Crippen LogP contribution in [0.25, 0.3) is 11.1 Å². The maximum absolute atomic E-state index is 12.9. The fraction of sp³-hybridized carbons (Fsp3) is 0.286. The molecule has 2 N–H and O–H groups in total. The molecule has 5 rings (SSSR count). The summed E-state index contributed by atoms with van der Waals surface area (Å²) in [5, 5.41) is 20.1. The summed E-state index contributed by atoms with van der Waals surface area (Å²) in [6, 6.07) is 18.9. The van der Waals surface area contributed by atoms with Crippen molar-refractivity contribution < 1.29 is 28.5 Å². The second-order valence-electron chi connectivity index (χ2n) is 8.91. The molecule has 7 heteroatoms. The summed E-state index contributed by atoms with van der Waals surface area (Å²) < 4.78 is 38.0. The quantitative estimate of drug-likeness (QED) is 0.443. The highest BCUT2D eigenvalue weighted by Gasteiger charge is 2.35. The van der Waals surface area contributed by atoms with Crippen LogP contribution in [-0.4, -0.2) is 47.3 Å². The van der Waals surface area contributed by atoms with Gasteiger partial charge in [-0.15, -0.1) is 0 Å². The van der Waals surface area contributed by atoms with Crippen LogP contribution in [0.3, 0.4) is 0 Å². The number of nitrogens with zero attached hydrogens (tertiary/aromatic N) is 1. The Balaban J connectivity index is 1.38. The molecule has 0 bridgehead atoms. The first kappa shape index (κ1) is 23.2. The summed E-state index contributed by atoms with van der Waals surface area (Å²) in [4.78, 5) is 1.75. The monoisotopic (exact) mass is 479 g/mol. The van der Waals surface area contributed by atoms with E-state index in [1.165, 1.54) is 0 Å². The Labute approximate surface area is 202 Å². The van der Waals surface area contributed by atoms with Gasteiger partial charge in [0.25, 0.3) is 6.43 Å². The highest BCUT2D eigenvalue weighted by Crippen LogP contribution is 2.47. The molecule has 2 aliphatic heterocycles. The van der Waals surface area contributed by atoms with Gasteiger partial charge in [-0.3, -0.25) is 4.90 Å². The average Bonchev–Trinajstić information content (AvgIpc) is 2.81. The molecular weight excluding hydrogens is 452 g/mol. The van der Waals surface area contributed by atoms with Gasteiger partial charge in [0.15, 0.2) is 0 Å². The van der Waals surface area contributed by atoms with E-state index in [4.69, 9.17) is 9.47 Å². The number of halogens is 2. The lowest BCUT2D eigenvalue weighted by atomic mass is 9.86. The molecule has 0 aromatic heterocycles. The van der Waals surface area contributed by atoms with E-state index in [1.54, 1.807) is 41.3 Å². The van der Waals surface area contributed by atoms with Gasteiger partial charge in [0.05, 0.1) is 6.04 Å². The normalized spacial score (nSPS) is 19.8. The number of hydrogen-bond donors (Lipinski definition) is 2. The first-order chi connectivity index (χ1) is 16.9. The molecule has 2 atom stereocenters. The van der Waals surface area contributed by atoms with E-state index in [-0.39, 0.29) is 11.5 Å². The van der Waals surface area contributed by atoms with Gasteiger partial charge < -0.3 is 19.7 Å². The Bertz CT molecular complexity index is 1240. The lowest BCUT2D eigenvalue weighted by Crippen LogP contribution is -2.53. The fourth-order valence-electron chi connectivity index (χ4n) is 4.76. The Hall–Kier alpha value is -3.58. The molecule has 2 heterocycles. The predicted octanol–water partition coefficient (Wildman–Crippen LogP) is 5.88. The number of hydrogen-bond acceptors (Lipinski definition) is 5. The van der Waals surface area contributed by atoms with Crippen molar-refractivity contribution in [1.82, 2.24) is 4.90 Å². The first-order valence-corrected chi connectivity index (χ1v) is 11.7. The fourth-order valence-corrected chi connectivity index (χ4v) is 4.76. The van der Waals surface area contributed by atoms with Crippen LogP contribution >= 0.6 is 0 Å². The number of alkyl halides is 2. The van der Waals surface area contributed by atoms with Crippen LogP contribution in [0.1, 0.15) is 36.1 Å². The van der Waals surface area contributed by atoms with Crippen molar-refractivity contribution in [3.63, 3.8) is 0 Å². The minimum atomic E-state index is -2.31. The standard InChI is InChI=1S/C28H27F2NO4/c1-17-23-16-21(33)7-10-25(23)35-27(26(17)19-3-2-4-20(32)15-19)18-5-8-22(9-6-18)34-14-13-31-12-11-24(31)28(29)30/h2-10,15-16,24,27-28,32-33H,11-14H2,1H3. The summed E-state index contributed by atoms with van der Waals surface area (Å²) >= 11 is 0. The third-order valence-electron chi connectivity index (χ3n) is 6.74. The van der Waals surface area contributed by atoms with Gasteiger partial charge in [-0.1, -0.05) is 24.3 Å². The lowest BCUT2D eigenvalue weighted by molar-refractivity contribution is -0.0386. The topological polar surface area (TPSA) is 62.2 Å². The summed E-state index contributed by atoms with van der Waals surface area (Å²) in [5.74, 6) is 1.63. The molecular formula is C28H27F2NO4. The van der Waals surface area contributed by atoms with E-state index >= 15 is 0 Å². The molecule has 0 spiro atoms. The van der Waals surface area contributed by atoms with E-state index < -0.39 is 18.6 Å². The maximum Gasteiger partial charge on any atom is 0.253 e. The molecule has 1 fully saturated rings. The van der Waals surface area contributed by atoms with Gasteiger partial charge in [-0.25, -0.2) is 8.78 Å². The number of likely N-dealkylation sites (tertiary alicyclic amines) is 1. The number of aromatic hydroxyl groups is 2. The van der Waals surface area contributed by atoms with Gasteiger partial charge in [0.1, 0.15) is 35.7 Å². The second kappa shape index (κ2) is 9.58. The Morgan fingerprint density at radius 2 is 1.80 bits per heavy atom. The number of benzene rings is 3. The van der Waals surface area contributed by atoms with Crippen LogP contribution in [0, 0.1) is 0 Å². The van der Waals surface area contributed by atoms with Crippen LogP contribution in [0.2, 0.25) is 0 Å². The zero-order chi connectivity index (χ0) is 24.5. The third kappa shape index (κ3) is 4.68. The summed E-state index contributed by atoms with van der Waals surface area (Å²) in [6.07, 6.45) is -2.22. The number of allylic oxidation sites excluding steroid dienone is 1. The van der Waals surface area contributed by atoms with E-state index in [0.717, 1.165) is 27.8 Å². The van der Waals surface area contributed by atoms with Crippen LogP contribution in [-0.2, 0) is 0 Å².